The molecule has 1 aromatic heterocycles. The van der Waals surface area contributed by atoms with Gasteiger partial charge in [-0.3, -0.25) is 28.9 Å². The number of amides is 3. The number of hydrogen-bond acceptors (Lipinski definition) is 12. The fraction of sp³-hybridized carbons (Fsp3) is 0.698. The van der Waals surface area contributed by atoms with Crippen LogP contribution in [-0.2, 0) is 30.4 Å². The SMILES string of the molecule is CCCCCON(C(=O)[C@@H](NC(=O)[C@H]1CCCCN1C)[C@@H](C)CC)[C@H](C[C@@H](OC(C)=O)c1nc(C(=O)N[C@@H](Cc2ccc(N)cc2)CC(C)(C)C(O)O)cs1)C(C)C. The number of ether oxygens (including phenoxy) is 1. The molecular weight excluding hydrogens is 761 g/mol. The summed E-state index contributed by atoms with van der Waals surface area (Å²) in [6, 6.07) is 5.01. The lowest BCUT2D eigenvalue weighted by Crippen LogP contribution is -2.58. The van der Waals surface area contributed by atoms with Crippen molar-refractivity contribution in [2.75, 3.05) is 25.9 Å². The lowest BCUT2D eigenvalue weighted by molar-refractivity contribution is -0.213. The Hall–Kier alpha value is -3.63. The number of aromatic nitrogens is 1. The number of nitrogen functional groups attached to an aromatic ring is 1. The average Bonchev–Trinajstić information content (AvgIpc) is 3.67. The maximum absolute atomic E-state index is 14.7. The molecule has 1 aromatic carbocycles. The summed E-state index contributed by atoms with van der Waals surface area (Å²) in [7, 11) is 1.94. The largest absolute Gasteiger partial charge is 0.455 e. The van der Waals surface area contributed by atoms with E-state index in [1.165, 1.54) is 23.3 Å². The monoisotopic (exact) mass is 830 g/mol. The van der Waals surface area contributed by atoms with Gasteiger partial charge in [0, 0.05) is 35.9 Å². The highest BCUT2D eigenvalue weighted by atomic mass is 32.1. The first-order valence-electron chi connectivity index (χ1n) is 21.0. The van der Waals surface area contributed by atoms with Gasteiger partial charge in [-0.15, -0.1) is 11.3 Å². The smallest absolute Gasteiger partial charge is 0.303 e. The van der Waals surface area contributed by atoms with Gasteiger partial charge in [0.25, 0.3) is 11.8 Å². The second-order valence-corrected chi connectivity index (χ2v) is 17.9. The first-order chi connectivity index (χ1) is 27.4. The maximum Gasteiger partial charge on any atom is 0.303 e. The number of hydrogen-bond donors (Lipinski definition) is 5. The Bertz CT molecular complexity index is 1600. The summed E-state index contributed by atoms with van der Waals surface area (Å²) >= 11 is 1.17. The number of aliphatic hydroxyl groups is 2. The molecule has 3 amide bonds. The van der Waals surface area contributed by atoms with E-state index in [1.54, 1.807) is 31.4 Å². The fourth-order valence-corrected chi connectivity index (χ4v) is 8.06. The van der Waals surface area contributed by atoms with Crippen molar-refractivity contribution in [2.45, 2.75) is 156 Å². The van der Waals surface area contributed by atoms with E-state index < -0.39 is 47.8 Å². The number of nitrogens with zero attached hydrogens (tertiary/aromatic N) is 3. The number of esters is 1. The number of nitrogens with two attached hydrogens (primary N) is 1. The van der Waals surface area contributed by atoms with Crippen molar-refractivity contribution in [3.05, 3.63) is 45.9 Å². The molecule has 0 saturated carbocycles. The lowest BCUT2D eigenvalue weighted by Gasteiger charge is -2.39. The Morgan fingerprint density at radius 2 is 1.76 bits per heavy atom. The number of carbonyl (C=O) groups excluding carboxylic acids is 4. The summed E-state index contributed by atoms with van der Waals surface area (Å²) in [6.45, 7) is 15.8. The van der Waals surface area contributed by atoms with Crippen LogP contribution in [0.3, 0.4) is 0 Å². The van der Waals surface area contributed by atoms with Crippen LogP contribution in [0.15, 0.2) is 29.6 Å². The second kappa shape index (κ2) is 23.2. The van der Waals surface area contributed by atoms with Crippen LogP contribution in [0.1, 0.15) is 140 Å². The van der Waals surface area contributed by atoms with E-state index in [0.717, 1.165) is 50.6 Å². The molecule has 58 heavy (non-hydrogen) atoms. The third-order valence-electron chi connectivity index (χ3n) is 11.2. The molecule has 3 rings (SSSR count). The van der Waals surface area contributed by atoms with Crippen LogP contribution < -0.4 is 16.4 Å². The zero-order valence-corrected chi connectivity index (χ0v) is 37.0. The van der Waals surface area contributed by atoms with E-state index in [9.17, 15) is 29.4 Å². The van der Waals surface area contributed by atoms with Crippen LogP contribution in [0, 0.1) is 17.3 Å². The van der Waals surface area contributed by atoms with Crippen molar-refractivity contribution in [3.8, 4) is 0 Å². The van der Waals surface area contributed by atoms with Gasteiger partial charge in [0.2, 0.25) is 5.91 Å². The predicted octanol–water partition coefficient (Wildman–Crippen LogP) is 5.78. The third-order valence-corrected chi connectivity index (χ3v) is 12.1. The molecule has 6 N–H and O–H groups in total. The van der Waals surface area contributed by atoms with Gasteiger partial charge in [0.1, 0.15) is 16.7 Å². The number of nitrogens with one attached hydrogen (secondary N) is 2. The molecule has 6 atom stereocenters. The van der Waals surface area contributed by atoms with Crippen LogP contribution in [0.4, 0.5) is 5.69 Å². The molecule has 326 valence electrons. The number of piperidine rings is 1. The highest BCUT2D eigenvalue weighted by molar-refractivity contribution is 7.09. The molecular formula is C43H70N6O8S. The number of rotatable bonds is 23. The lowest BCUT2D eigenvalue weighted by atomic mass is 9.83. The van der Waals surface area contributed by atoms with Crippen LogP contribution in [0.5, 0.6) is 0 Å². The molecule has 0 radical (unpaired) electrons. The Morgan fingerprint density at radius 1 is 1.07 bits per heavy atom. The number of likely N-dealkylation sites (N-methyl/N-ethyl adjacent to an activating group) is 1. The van der Waals surface area contributed by atoms with Gasteiger partial charge in [-0.25, -0.2) is 10.0 Å². The van der Waals surface area contributed by atoms with Gasteiger partial charge in [0.05, 0.1) is 18.7 Å². The maximum atomic E-state index is 14.7. The van der Waals surface area contributed by atoms with Crippen LogP contribution in [-0.4, -0.2) is 99.5 Å². The molecule has 0 aliphatic carbocycles. The Balaban J connectivity index is 1.94. The standard InChI is InChI=1S/C43H70N6O8S/c1-10-12-15-22-56-49(41(53)37(28(5)11-2)47-39(52)34-16-13-14-21-48(34)9)35(27(3)4)24-36(57-29(6)50)40-46-33(26-58-40)38(51)45-32(25-43(7,8)42(54)55)23-30-17-19-31(44)20-18-30/h17-20,26-28,32,34-37,42,54-55H,10-16,21-25,44H2,1-9H3,(H,45,51)(H,47,52)/t28-,32-,34+,35+,36+,37-/m0/s1. The summed E-state index contributed by atoms with van der Waals surface area (Å²) < 4.78 is 5.87. The second-order valence-electron chi connectivity index (χ2n) is 17.0. The van der Waals surface area contributed by atoms with Crippen molar-refractivity contribution in [1.29, 1.82) is 0 Å². The normalized spacial score (nSPS) is 17.6. The van der Waals surface area contributed by atoms with Crippen molar-refractivity contribution >= 4 is 40.7 Å². The molecule has 14 nitrogen and oxygen atoms in total. The Labute approximate surface area is 349 Å². The zero-order chi connectivity index (χ0) is 43.2. The molecule has 0 bridgehead atoms. The number of likely N-dealkylation sites (tertiary alicyclic amines) is 1. The zero-order valence-electron chi connectivity index (χ0n) is 36.2. The average molecular weight is 831 g/mol. The van der Waals surface area contributed by atoms with Gasteiger partial charge in [-0.1, -0.05) is 86.3 Å². The van der Waals surface area contributed by atoms with Gasteiger partial charge in [0.15, 0.2) is 12.4 Å². The van der Waals surface area contributed by atoms with E-state index in [4.69, 9.17) is 15.3 Å². The molecule has 0 spiro atoms. The third kappa shape index (κ3) is 14.6. The van der Waals surface area contributed by atoms with Crippen LogP contribution in [0.2, 0.25) is 0 Å². The fourth-order valence-electron chi connectivity index (χ4n) is 7.22. The number of carbonyl (C=O) groups is 4. The minimum Gasteiger partial charge on any atom is -0.455 e. The predicted molar refractivity (Wildman–Crippen MR) is 226 cm³/mol. The Morgan fingerprint density at radius 3 is 2.34 bits per heavy atom. The van der Waals surface area contributed by atoms with E-state index in [1.807, 2.05) is 51.8 Å². The summed E-state index contributed by atoms with van der Waals surface area (Å²) in [5.74, 6) is -1.93. The van der Waals surface area contributed by atoms with Crippen LogP contribution >= 0.6 is 11.3 Å². The van der Waals surface area contributed by atoms with Gasteiger partial charge in [-0.05, 0) is 75.2 Å². The molecule has 2 aromatic rings. The number of benzene rings is 1. The van der Waals surface area contributed by atoms with Crippen molar-refractivity contribution in [1.82, 2.24) is 25.6 Å². The quantitative estimate of drug-likeness (QED) is 0.0300. The van der Waals surface area contributed by atoms with Gasteiger partial charge in [-0.2, -0.15) is 0 Å². The van der Waals surface area contributed by atoms with Gasteiger partial charge >= 0.3 is 5.97 Å². The first kappa shape index (κ1) is 48.7. The van der Waals surface area contributed by atoms with Crippen LogP contribution in [0.25, 0.3) is 0 Å². The van der Waals surface area contributed by atoms with E-state index >= 15 is 0 Å². The molecule has 1 aliphatic heterocycles. The molecule has 1 fully saturated rings. The van der Waals surface area contributed by atoms with Gasteiger partial charge < -0.3 is 31.3 Å². The van der Waals surface area contributed by atoms with E-state index in [-0.39, 0.29) is 54.8 Å². The number of hydroxylamine groups is 2. The topological polar surface area (TPSA) is 197 Å². The Kier molecular flexibility index (Phi) is 19.5. The summed E-state index contributed by atoms with van der Waals surface area (Å²) in [5, 5.41) is 29.6. The molecule has 15 heteroatoms. The van der Waals surface area contributed by atoms with Crippen molar-refractivity contribution in [3.63, 3.8) is 0 Å². The number of thiazole rings is 1. The van der Waals surface area contributed by atoms with E-state index in [0.29, 0.717) is 23.5 Å². The van der Waals surface area contributed by atoms with E-state index in [2.05, 4.69) is 22.5 Å². The molecule has 1 aliphatic rings. The number of anilines is 1. The highest BCUT2D eigenvalue weighted by Crippen LogP contribution is 2.33. The molecule has 0 unspecified atom stereocenters. The summed E-state index contributed by atoms with van der Waals surface area (Å²) in [5.41, 5.74) is 6.57. The molecule has 2 heterocycles. The first-order valence-corrected chi connectivity index (χ1v) is 21.9. The minimum absolute atomic E-state index is 0.110. The summed E-state index contributed by atoms with van der Waals surface area (Å²) in [4.78, 5) is 67.8. The minimum atomic E-state index is -1.61. The number of aliphatic hydroxyl groups excluding tert-OH is 1. The summed E-state index contributed by atoms with van der Waals surface area (Å²) in [6.07, 6.45) is 4.18. The van der Waals surface area contributed by atoms with Crippen molar-refractivity contribution < 1.29 is 39.0 Å². The molecule has 1 saturated heterocycles. The van der Waals surface area contributed by atoms with Crippen molar-refractivity contribution in [2.24, 2.45) is 17.3 Å². The highest BCUT2D eigenvalue weighted by Gasteiger charge is 2.40. The number of unbranched alkanes of at least 4 members (excludes halogenated alkanes) is 2.